The van der Waals surface area contributed by atoms with Gasteiger partial charge in [-0.05, 0) is 43.1 Å². The van der Waals surface area contributed by atoms with E-state index >= 15 is 0 Å². The minimum absolute atomic E-state index is 0.0173. The van der Waals surface area contributed by atoms with Crippen molar-refractivity contribution in [3.05, 3.63) is 17.7 Å². The lowest BCUT2D eigenvalue weighted by molar-refractivity contribution is 0.0684. The highest BCUT2D eigenvalue weighted by Gasteiger charge is 2.39. The number of nitrogens with zero attached hydrogens (tertiary/aromatic N) is 1. The smallest absolute Gasteiger partial charge is 0.411 e. The second-order valence-corrected chi connectivity index (χ2v) is 22.6. The van der Waals surface area contributed by atoms with Crippen molar-refractivity contribution in [1.29, 1.82) is 0 Å². The van der Waals surface area contributed by atoms with Gasteiger partial charge in [-0.2, -0.15) is 0 Å². The van der Waals surface area contributed by atoms with Crippen LogP contribution < -0.4 is 14.8 Å². The summed E-state index contributed by atoms with van der Waals surface area (Å²) in [4.78, 5) is 28.2. The monoisotopic (exact) mass is 538 g/mol. The van der Waals surface area contributed by atoms with Crippen LogP contribution in [0.25, 0.3) is 0 Å². The quantitative estimate of drug-likeness (QED) is 0.356. The molecule has 0 saturated carbocycles. The number of carbonyl (C=O) groups is 2. The zero-order valence-corrected chi connectivity index (χ0v) is 25.9. The Bertz CT molecular complexity index is 924. The van der Waals surface area contributed by atoms with Crippen LogP contribution in [0.2, 0.25) is 43.8 Å². The van der Waals surface area contributed by atoms with E-state index in [4.69, 9.17) is 18.6 Å². The van der Waals surface area contributed by atoms with Gasteiger partial charge in [-0.15, -0.1) is 0 Å². The predicted octanol–water partition coefficient (Wildman–Crippen LogP) is 6.22. The molecule has 2 amide bonds. The topological polar surface area (TPSA) is 86.3 Å². The fourth-order valence-electron chi connectivity index (χ4n) is 3.71. The SMILES string of the molecule is COc1cc(NC(=O)OCC[Si](C)(C)C)c(C(=O)N2CCCC2CO[Si](C)(C)C(C)(C)C)cc1OC. The molecule has 204 valence electrons. The van der Waals surface area contributed by atoms with Crippen LogP contribution in [0.4, 0.5) is 10.5 Å². The number of ether oxygens (including phenoxy) is 3. The van der Waals surface area contributed by atoms with Crippen LogP contribution >= 0.6 is 0 Å². The van der Waals surface area contributed by atoms with Crippen LogP contribution in [-0.4, -0.2) is 73.3 Å². The molecule has 1 fully saturated rings. The van der Waals surface area contributed by atoms with Crippen molar-refractivity contribution < 1.29 is 28.2 Å². The Hall–Kier alpha value is -2.05. The highest BCUT2D eigenvalue weighted by atomic mass is 28.4. The van der Waals surface area contributed by atoms with E-state index < -0.39 is 22.5 Å². The zero-order chi connectivity index (χ0) is 27.3. The number of amides is 2. The van der Waals surface area contributed by atoms with E-state index in [1.807, 2.05) is 4.90 Å². The largest absolute Gasteiger partial charge is 0.493 e. The minimum atomic E-state index is -1.95. The van der Waals surface area contributed by atoms with Gasteiger partial charge in [-0.1, -0.05) is 40.4 Å². The van der Waals surface area contributed by atoms with Crippen molar-refractivity contribution in [2.45, 2.75) is 83.5 Å². The average Bonchev–Trinajstić information content (AvgIpc) is 3.24. The summed E-state index contributed by atoms with van der Waals surface area (Å²) in [5.74, 6) is 0.673. The van der Waals surface area contributed by atoms with Gasteiger partial charge in [0.25, 0.3) is 5.91 Å². The maximum Gasteiger partial charge on any atom is 0.411 e. The Morgan fingerprint density at radius 2 is 1.67 bits per heavy atom. The Morgan fingerprint density at radius 1 is 1.06 bits per heavy atom. The van der Waals surface area contributed by atoms with Crippen LogP contribution in [0, 0.1) is 0 Å². The van der Waals surface area contributed by atoms with Crippen LogP contribution in [0.15, 0.2) is 12.1 Å². The Balaban J connectivity index is 2.27. The normalized spacial score (nSPS) is 16.6. The van der Waals surface area contributed by atoms with Crippen LogP contribution in [0.5, 0.6) is 11.5 Å². The van der Waals surface area contributed by atoms with E-state index in [9.17, 15) is 9.59 Å². The van der Waals surface area contributed by atoms with E-state index in [1.165, 1.54) is 14.2 Å². The molecule has 1 atom stereocenters. The lowest BCUT2D eigenvalue weighted by Gasteiger charge is -2.38. The van der Waals surface area contributed by atoms with Gasteiger partial charge in [0.1, 0.15) is 0 Å². The standard InChI is InChI=1S/C26H46N2O6Si2/c1-26(2,3)36(9,10)34-18-19-12-11-13-28(19)24(29)20-16-22(31-4)23(32-5)17-21(20)27-25(30)33-14-15-35(6,7)8/h16-17,19H,11-15,18H2,1-10H3,(H,27,30). The van der Waals surface area contributed by atoms with Gasteiger partial charge in [0.05, 0.1) is 44.7 Å². The first-order valence-corrected chi connectivity index (χ1v) is 19.4. The summed E-state index contributed by atoms with van der Waals surface area (Å²) >= 11 is 0. The molecule has 1 aromatic rings. The van der Waals surface area contributed by atoms with Crippen molar-refractivity contribution >= 4 is 34.1 Å². The van der Waals surface area contributed by atoms with E-state index in [0.29, 0.717) is 42.5 Å². The molecule has 10 heteroatoms. The molecule has 36 heavy (non-hydrogen) atoms. The number of benzene rings is 1. The molecule has 1 N–H and O–H groups in total. The molecular formula is C26H46N2O6Si2. The Kier molecular flexibility index (Phi) is 10.1. The van der Waals surface area contributed by atoms with Crippen molar-refractivity contribution in [2.24, 2.45) is 0 Å². The summed E-state index contributed by atoms with van der Waals surface area (Å²) in [6.07, 6.45) is 1.20. The summed E-state index contributed by atoms with van der Waals surface area (Å²) in [7, 11) is -0.249. The van der Waals surface area contributed by atoms with E-state index in [-0.39, 0.29) is 17.0 Å². The second-order valence-electron chi connectivity index (χ2n) is 12.2. The Morgan fingerprint density at radius 3 is 2.22 bits per heavy atom. The van der Waals surface area contributed by atoms with Gasteiger partial charge in [-0.25, -0.2) is 4.79 Å². The first-order chi connectivity index (χ1) is 16.6. The summed E-state index contributed by atoms with van der Waals surface area (Å²) in [5, 5.41) is 2.86. The number of carbonyl (C=O) groups excluding carboxylic acids is 2. The second kappa shape index (κ2) is 12.0. The molecular weight excluding hydrogens is 492 g/mol. The van der Waals surface area contributed by atoms with Crippen LogP contribution in [0.3, 0.4) is 0 Å². The highest BCUT2D eigenvalue weighted by molar-refractivity contribution is 6.76. The summed E-state index contributed by atoms with van der Waals surface area (Å²) in [6, 6.07) is 4.09. The number of methoxy groups -OCH3 is 2. The van der Waals surface area contributed by atoms with E-state index in [0.717, 1.165) is 18.9 Å². The van der Waals surface area contributed by atoms with Crippen molar-refractivity contribution in [3.63, 3.8) is 0 Å². The fraction of sp³-hybridized carbons (Fsp3) is 0.692. The van der Waals surface area contributed by atoms with Crippen LogP contribution in [-0.2, 0) is 9.16 Å². The van der Waals surface area contributed by atoms with Gasteiger partial charge in [0.15, 0.2) is 19.8 Å². The third-order valence-corrected chi connectivity index (χ3v) is 13.4. The predicted molar refractivity (Wildman–Crippen MR) is 150 cm³/mol. The number of anilines is 1. The van der Waals surface area contributed by atoms with Crippen molar-refractivity contribution in [2.75, 3.05) is 39.3 Å². The molecule has 1 unspecified atom stereocenters. The minimum Gasteiger partial charge on any atom is -0.493 e. The average molecular weight is 539 g/mol. The number of nitrogens with one attached hydrogen (secondary N) is 1. The first-order valence-electron chi connectivity index (χ1n) is 12.7. The van der Waals surface area contributed by atoms with Gasteiger partial charge in [-0.3, -0.25) is 10.1 Å². The lowest BCUT2D eigenvalue weighted by atomic mass is 10.1. The first kappa shape index (κ1) is 30.2. The molecule has 0 spiro atoms. The Labute approximate surface area is 219 Å². The molecule has 0 radical (unpaired) electrons. The molecule has 8 nitrogen and oxygen atoms in total. The molecule has 2 rings (SSSR count). The maximum absolute atomic E-state index is 13.8. The highest BCUT2D eigenvalue weighted by Crippen LogP contribution is 2.38. The molecule has 0 bridgehead atoms. The number of hydrogen-bond acceptors (Lipinski definition) is 6. The number of likely N-dealkylation sites (tertiary alicyclic amines) is 1. The van der Waals surface area contributed by atoms with Gasteiger partial charge in [0.2, 0.25) is 0 Å². The van der Waals surface area contributed by atoms with Gasteiger partial charge in [0, 0.05) is 20.7 Å². The molecule has 0 aliphatic carbocycles. The van der Waals surface area contributed by atoms with Gasteiger partial charge < -0.3 is 23.5 Å². The van der Waals surface area contributed by atoms with E-state index in [2.05, 4.69) is 58.8 Å². The summed E-state index contributed by atoms with van der Waals surface area (Å²) < 4.78 is 22.7. The molecule has 1 aliphatic heterocycles. The third-order valence-electron chi connectivity index (χ3n) is 7.16. The van der Waals surface area contributed by atoms with Crippen molar-refractivity contribution in [1.82, 2.24) is 4.90 Å². The fourth-order valence-corrected chi connectivity index (χ4v) is 5.46. The molecule has 1 saturated heterocycles. The third kappa shape index (κ3) is 7.98. The van der Waals surface area contributed by atoms with Crippen LogP contribution in [0.1, 0.15) is 44.0 Å². The molecule has 0 aromatic heterocycles. The van der Waals surface area contributed by atoms with Crippen molar-refractivity contribution in [3.8, 4) is 11.5 Å². The molecule has 1 aromatic carbocycles. The molecule has 1 heterocycles. The van der Waals surface area contributed by atoms with Gasteiger partial charge >= 0.3 is 6.09 Å². The lowest BCUT2D eigenvalue weighted by Crippen LogP contribution is -2.46. The molecule has 1 aliphatic rings. The number of hydrogen-bond donors (Lipinski definition) is 1. The maximum atomic E-state index is 13.8. The zero-order valence-electron chi connectivity index (χ0n) is 23.9. The summed E-state index contributed by atoms with van der Waals surface area (Å²) in [5.41, 5.74) is 0.681. The summed E-state index contributed by atoms with van der Waals surface area (Å²) in [6.45, 7) is 19.2. The number of rotatable bonds is 10. The van der Waals surface area contributed by atoms with E-state index in [1.54, 1.807) is 12.1 Å².